The second-order valence-electron chi connectivity index (χ2n) is 6.95. The van der Waals surface area contributed by atoms with Gasteiger partial charge < -0.3 is 5.32 Å². The van der Waals surface area contributed by atoms with Crippen LogP contribution >= 0.6 is 0 Å². The fourth-order valence-corrected chi connectivity index (χ4v) is 3.33. The number of aromatic amines is 1. The van der Waals surface area contributed by atoms with E-state index >= 15 is 0 Å². The van der Waals surface area contributed by atoms with Gasteiger partial charge in [0.25, 0.3) is 5.91 Å². The van der Waals surface area contributed by atoms with E-state index < -0.39 is 23.1 Å². The molecule has 5 nitrogen and oxygen atoms in total. The number of halogens is 3. The number of hydrogen-bond donors (Lipinski definition) is 2. The first-order chi connectivity index (χ1) is 14.9. The van der Waals surface area contributed by atoms with Crippen LogP contribution in [-0.4, -0.2) is 21.1 Å². The molecule has 2 heterocycles. The van der Waals surface area contributed by atoms with Gasteiger partial charge in [-0.2, -0.15) is 5.10 Å². The average Bonchev–Trinajstić information content (AvgIpc) is 3.16. The molecule has 0 atom stereocenters. The summed E-state index contributed by atoms with van der Waals surface area (Å²) in [5, 5.41) is 9.72. The molecule has 0 unspecified atom stereocenters. The molecule has 0 radical (unpaired) electrons. The van der Waals surface area contributed by atoms with Crippen LogP contribution in [0.15, 0.2) is 60.9 Å². The Labute approximate surface area is 176 Å². The van der Waals surface area contributed by atoms with Crippen LogP contribution in [0.1, 0.15) is 21.6 Å². The molecule has 1 amide bonds. The summed E-state index contributed by atoms with van der Waals surface area (Å²) >= 11 is 0. The van der Waals surface area contributed by atoms with Crippen LogP contribution in [0.3, 0.4) is 0 Å². The first-order valence-electron chi connectivity index (χ1n) is 9.41. The number of amides is 1. The van der Waals surface area contributed by atoms with Crippen molar-refractivity contribution < 1.29 is 18.0 Å². The minimum absolute atomic E-state index is 0.0581. The van der Waals surface area contributed by atoms with E-state index in [1.807, 2.05) is 0 Å². The Hall–Kier alpha value is -3.94. The van der Waals surface area contributed by atoms with Crippen LogP contribution in [-0.2, 0) is 6.54 Å². The smallest absolute Gasteiger partial charge is 0.257 e. The van der Waals surface area contributed by atoms with Crippen LogP contribution in [0, 0.1) is 24.4 Å². The molecule has 2 aromatic heterocycles. The Balaban J connectivity index is 1.68. The van der Waals surface area contributed by atoms with Gasteiger partial charge in [0.1, 0.15) is 28.7 Å². The van der Waals surface area contributed by atoms with E-state index in [9.17, 15) is 18.0 Å². The van der Waals surface area contributed by atoms with Gasteiger partial charge in [-0.25, -0.2) is 13.2 Å². The van der Waals surface area contributed by atoms with Crippen molar-refractivity contribution in [2.75, 3.05) is 0 Å². The van der Waals surface area contributed by atoms with Crippen LogP contribution in [0.25, 0.3) is 22.4 Å². The fraction of sp³-hybridized carbons (Fsp3) is 0.0870. The summed E-state index contributed by atoms with van der Waals surface area (Å²) in [6, 6.07) is 11.6. The zero-order chi connectivity index (χ0) is 22.0. The second kappa shape index (κ2) is 8.43. The van der Waals surface area contributed by atoms with E-state index in [0.717, 1.165) is 17.7 Å². The molecule has 2 aromatic carbocycles. The largest absolute Gasteiger partial charge is 0.346 e. The van der Waals surface area contributed by atoms with Crippen molar-refractivity contribution in [3.8, 4) is 22.4 Å². The van der Waals surface area contributed by atoms with Gasteiger partial charge in [0.15, 0.2) is 0 Å². The molecule has 4 rings (SSSR count). The van der Waals surface area contributed by atoms with Crippen LogP contribution in [0.2, 0.25) is 0 Å². The molecular weight excluding hydrogens is 405 g/mol. The van der Waals surface area contributed by atoms with Gasteiger partial charge in [-0.1, -0.05) is 0 Å². The molecule has 31 heavy (non-hydrogen) atoms. The molecule has 4 aromatic rings. The van der Waals surface area contributed by atoms with Crippen LogP contribution < -0.4 is 5.32 Å². The summed E-state index contributed by atoms with van der Waals surface area (Å²) in [6.45, 7) is 1.48. The van der Waals surface area contributed by atoms with E-state index in [1.54, 1.807) is 36.7 Å². The number of aromatic nitrogens is 3. The predicted octanol–water partition coefficient (Wildman–Crippen LogP) is 4.79. The highest BCUT2D eigenvalue weighted by molar-refractivity contribution is 5.95. The summed E-state index contributed by atoms with van der Waals surface area (Å²) in [6.07, 6.45) is 3.21. The number of carbonyl (C=O) groups excluding carboxylic acids is 1. The Morgan fingerprint density at radius 2 is 1.61 bits per heavy atom. The van der Waals surface area contributed by atoms with Gasteiger partial charge in [-0.05, 0) is 66.6 Å². The number of benzene rings is 2. The SMILES string of the molecule is Cc1cc(F)c(C(=O)NCc2[nH]nc(-c3ccc(F)cc3)c2-c2ccncc2)c(F)c1. The predicted molar refractivity (Wildman–Crippen MR) is 109 cm³/mol. The third-order valence-corrected chi connectivity index (χ3v) is 4.77. The third kappa shape index (κ3) is 4.18. The molecular formula is C23H17F3N4O. The average molecular weight is 422 g/mol. The summed E-state index contributed by atoms with van der Waals surface area (Å²) in [5.41, 5.74) is 2.89. The highest BCUT2D eigenvalue weighted by atomic mass is 19.1. The Kier molecular flexibility index (Phi) is 5.53. The van der Waals surface area contributed by atoms with E-state index in [0.29, 0.717) is 28.1 Å². The van der Waals surface area contributed by atoms with E-state index in [-0.39, 0.29) is 12.4 Å². The quantitative estimate of drug-likeness (QED) is 0.486. The van der Waals surface area contributed by atoms with E-state index in [2.05, 4.69) is 20.5 Å². The Bertz CT molecular complexity index is 1210. The summed E-state index contributed by atoms with van der Waals surface area (Å²) in [7, 11) is 0. The Morgan fingerprint density at radius 1 is 0.968 bits per heavy atom. The minimum Gasteiger partial charge on any atom is -0.346 e. The third-order valence-electron chi connectivity index (χ3n) is 4.77. The minimum atomic E-state index is -0.930. The van der Waals surface area contributed by atoms with Crippen molar-refractivity contribution in [2.24, 2.45) is 0 Å². The number of carbonyl (C=O) groups is 1. The second-order valence-corrected chi connectivity index (χ2v) is 6.95. The molecule has 0 spiro atoms. The zero-order valence-electron chi connectivity index (χ0n) is 16.4. The zero-order valence-corrected chi connectivity index (χ0v) is 16.4. The number of pyridine rings is 1. The van der Waals surface area contributed by atoms with Gasteiger partial charge in [0.2, 0.25) is 0 Å². The number of H-pyrrole nitrogens is 1. The maximum Gasteiger partial charge on any atom is 0.257 e. The van der Waals surface area contributed by atoms with Gasteiger partial charge in [-0.15, -0.1) is 0 Å². The van der Waals surface area contributed by atoms with Gasteiger partial charge in [0.05, 0.1) is 12.2 Å². The standard InChI is InChI=1S/C23H17F3N4O/c1-13-10-17(25)21(18(26)11-13)23(31)28-12-19-20(14-6-8-27-9-7-14)22(30-29-19)15-2-4-16(24)5-3-15/h2-11H,12H2,1H3,(H,28,31)(H,29,30). The topological polar surface area (TPSA) is 70.7 Å². The summed E-state index contributed by atoms with van der Waals surface area (Å²) in [5.74, 6) is -3.12. The number of nitrogens with zero attached hydrogens (tertiary/aromatic N) is 2. The molecule has 0 aliphatic heterocycles. The Morgan fingerprint density at radius 3 is 2.26 bits per heavy atom. The van der Waals surface area contributed by atoms with Crippen molar-refractivity contribution in [3.05, 3.63) is 95.2 Å². The van der Waals surface area contributed by atoms with Crippen molar-refractivity contribution >= 4 is 5.91 Å². The van der Waals surface area contributed by atoms with Crippen molar-refractivity contribution in [1.82, 2.24) is 20.5 Å². The van der Waals surface area contributed by atoms with Crippen molar-refractivity contribution in [1.29, 1.82) is 0 Å². The molecule has 0 fully saturated rings. The molecule has 0 saturated carbocycles. The van der Waals surface area contributed by atoms with Gasteiger partial charge in [-0.3, -0.25) is 14.9 Å². The fourth-order valence-electron chi connectivity index (χ4n) is 3.33. The molecule has 156 valence electrons. The van der Waals surface area contributed by atoms with E-state index in [1.165, 1.54) is 19.1 Å². The maximum absolute atomic E-state index is 14.1. The van der Waals surface area contributed by atoms with Crippen molar-refractivity contribution in [2.45, 2.75) is 13.5 Å². The normalized spacial score (nSPS) is 10.8. The first kappa shape index (κ1) is 20.3. The lowest BCUT2D eigenvalue weighted by Crippen LogP contribution is -2.25. The number of hydrogen-bond acceptors (Lipinski definition) is 3. The van der Waals surface area contributed by atoms with Gasteiger partial charge >= 0.3 is 0 Å². The summed E-state index contributed by atoms with van der Waals surface area (Å²) in [4.78, 5) is 16.5. The number of nitrogens with one attached hydrogen (secondary N) is 2. The monoisotopic (exact) mass is 422 g/mol. The lowest BCUT2D eigenvalue weighted by Gasteiger charge is -2.10. The summed E-state index contributed by atoms with van der Waals surface area (Å²) < 4.78 is 41.6. The number of rotatable bonds is 5. The lowest BCUT2D eigenvalue weighted by molar-refractivity contribution is 0.0942. The molecule has 0 aliphatic rings. The highest BCUT2D eigenvalue weighted by Gasteiger charge is 2.21. The van der Waals surface area contributed by atoms with Crippen LogP contribution in [0.5, 0.6) is 0 Å². The first-order valence-corrected chi connectivity index (χ1v) is 9.41. The molecule has 0 saturated heterocycles. The maximum atomic E-state index is 14.1. The molecule has 0 bridgehead atoms. The van der Waals surface area contributed by atoms with Crippen LogP contribution in [0.4, 0.5) is 13.2 Å². The molecule has 0 aliphatic carbocycles. The highest BCUT2D eigenvalue weighted by Crippen LogP contribution is 2.33. The molecule has 2 N–H and O–H groups in total. The number of aryl methyl sites for hydroxylation is 1. The van der Waals surface area contributed by atoms with E-state index in [4.69, 9.17) is 0 Å². The van der Waals surface area contributed by atoms with Crippen molar-refractivity contribution in [3.63, 3.8) is 0 Å². The lowest BCUT2D eigenvalue weighted by atomic mass is 9.99. The molecule has 8 heteroatoms. The van der Waals surface area contributed by atoms with Gasteiger partial charge in [0, 0.05) is 23.5 Å².